The summed E-state index contributed by atoms with van der Waals surface area (Å²) in [5.74, 6) is 0. The average molecular weight is 314 g/mol. The number of hydrogen-bond donors (Lipinski definition) is 1. The number of nitrogens with zero attached hydrogens (tertiary/aromatic N) is 1. The zero-order chi connectivity index (χ0) is 15.9. The minimum absolute atomic E-state index is 0.344. The molecule has 21 heavy (non-hydrogen) atoms. The molecular formula is C15H26N2O3S. The highest BCUT2D eigenvalue weighted by Gasteiger charge is 2.23. The summed E-state index contributed by atoms with van der Waals surface area (Å²) in [6.07, 6.45) is 1.05. The topological polar surface area (TPSA) is 58.6 Å². The Hall–Kier alpha value is -0.950. The van der Waals surface area contributed by atoms with Crippen molar-refractivity contribution in [3.63, 3.8) is 0 Å². The van der Waals surface area contributed by atoms with Crippen molar-refractivity contribution in [3.8, 4) is 0 Å². The van der Waals surface area contributed by atoms with Gasteiger partial charge in [-0.3, -0.25) is 0 Å². The van der Waals surface area contributed by atoms with Crippen LogP contribution in [0.1, 0.15) is 24.5 Å². The van der Waals surface area contributed by atoms with Crippen molar-refractivity contribution >= 4 is 10.0 Å². The molecule has 1 aromatic rings. The highest BCUT2D eigenvalue weighted by atomic mass is 32.2. The normalized spacial score (nSPS) is 12.0. The Morgan fingerprint density at radius 3 is 2.67 bits per heavy atom. The lowest BCUT2D eigenvalue weighted by atomic mass is 10.1. The zero-order valence-electron chi connectivity index (χ0n) is 13.3. The van der Waals surface area contributed by atoms with Crippen LogP contribution >= 0.6 is 0 Å². The van der Waals surface area contributed by atoms with E-state index in [0.29, 0.717) is 24.6 Å². The lowest BCUT2D eigenvalue weighted by Crippen LogP contribution is -2.30. The molecule has 0 fully saturated rings. The third kappa shape index (κ3) is 4.78. The molecule has 0 spiro atoms. The third-order valence-electron chi connectivity index (χ3n) is 3.44. The van der Waals surface area contributed by atoms with E-state index in [0.717, 1.165) is 24.1 Å². The van der Waals surface area contributed by atoms with Crippen molar-refractivity contribution in [2.75, 3.05) is 33.9 Å². The van der Waals surface area contributed by atoms with Crippen molar-refractivity contribution in [2.45, 2.75) is 31.7 Å². The number of methoxy groups -OCH3 is 1. The number of sulfonamides is 1. The van der Waals surface area contributed by atoms with Gasteiger partial charge in [0.05, 0.1) is 11.5 Å². The molecule has 0 aliphatic carbocycles. The van der Waals surface area contributed by atoms with Crippen LogP contribution in [0.2, 0.25) is 0 Å². The summed E-state index contributed by atoms with van der Waals surface area (Å²) >= 11 is 0. The van der Waals surface area contributed by atoms with Gasteiger partial charge in [0.2, 0.25) is 10.0 Å². The Labute approximate surface area is 128 Å². The van der Waals surface area contributed by atoms with Crippen molar-refractivity contribution in [2.24, 2.45) is 0 Å². The lowest BCUT2D eigenvalue weighted by molar-refractivity contribution is 0.185. The quantitative estimate of drug-likeness (QED) is 0.706. The number of nitrogens with one attached hydrogen (secondary N) is 1. The molecule has 0 aliphatic rings. The lowest BCUT2D eigenvalue weighted by Gasteiger charge is -2.19. The van der Waals surface area contributed by atoms with Crippen LogP contribution in [0.25, 0.3) is 0 Å². The van der Waals surface area contributed by atoms with Crippen LogP contribution in [0, 0.1) is 6.92 Å². The van der Waals surface area contributed by atoms with E-state index in [1.807, 2.05) is 13.0 Å². The van der Waals surface area contributed by atoms with Gasteiger partial charge in [-0.15, -0.1) is 0 Å². The number of benzene rings is 1. The van der Waals surface area contributed by atoms with E-state index in [2.05, 4.69) is 12.2 Å². The molecule has 0 aliphatic heterocycles. The molecule has 0 bridgehead atoms. The minimum Gasteiger partial charge on any atom is -0.383 e. The van der Waals surface area contributed by atoms with Crippen LogP contribution in [-0.2, 0) is 21.3 Å². The predicted molar refractivity (Wildman–Crippen MR) is 84.9 cm³/mol. The van der Waals surface area contributed by atoms with Crippen LogP contribution in [0.5, 0.6) is 0 Å². The monoisotopic (exact) mass is 314 g/mol. The van der Waals surface area contributed by atoms with Gasteiger partial charge in [0.1, 0.15) is 0 Å². The van der Waals surface area contributed by atoms with E-state index in [9.17, 15) is 8.42 Å². The van der Waals surface area contributed by atoms with E-state index in [1.165, 1.54) is 4.31 Å². The highest BCUT2D eigenvalue weighted by Crippen LogP contribution is 2.21. The standard InChI is InChI=1S/C15H26N2O3S/c1-5-9-16-12-14-7-6-8-15(13(14)2)21(18,19)17(3)10-11-20-4/h6-8,16H,5,9-12H2,1-4H3. The fourth-order valence-electron chi connectivity index (χ4n) is 2.04. The number of likely N-dealkylation sites (N-methyl/N-ethyl adjacent to an activating group) is 1. The van der Waals surface area contributed by atoms with Crippen molar-refractivity contribution in [3.05, 3.63) is 29.3 Å². The molecule has 0 heterocycles. The maximum atomic E-state index is 12.6. The van der Waals surface area contributed by atoms with Gasteiger partial charge in [0, 0.05) is 27.2 Å². The maximum Gasteiger partial charge on any atom is 0.243 e. The van der Waals surface area contributed by atoms with Gasteiger partial charge in [-0.2, -0.15) is 4.31 Å². The van der Waals surface area contributed by atoms with Crippen LogP contribution in [0.3, 0.4) is 0 Å². The van der Waals surface area contributed by atoms with Crippen LogP contribution in [0.4, 0.5) is 0 Å². The van der Waals surface area contributed by atoms with Crippen LogP contribution in [-0.4, -0.2) is 46.6 Å². The molecule has 120 valence electrons. The van der Waals surface area contributed by atoms with Gasteiger partial charge in [-0.1, -0.05) is 19.1 Å². The molecule has 1 N–H and O–H groups in total. The summed E-state index contributed by atoms with van der Waals surface area (Å²) in [6.45, 7) is 6.30. The maximum absolute atomic E-state index is 12.6. The molecule has 1 rings (SSSR count). The third-order valence-corrected chi connectivity index (χ3v) is 5.44. The summed E-state index contributed by atoms with van der Waals surface area (Å²) < 4.78 is 31.5. The fraction of sp³-hybridized carbons (Fsp3) is 0.600. The van der Waals surface area contributed by atoms with Gasteiger partial charge in [-0.05, 0) is 37.1 Å². The zero-order valence-corrected chi connectivity index (χ0v) is 14.2. The summed E-state index contributed by atoms with van der Waals surface area (Å²) in [6, 6.07) is 5.43. The van der Waals surface area contributed by atoms with Crippen LogP contribution < -0.4 is 5.32 Å². The Morgan fingerprint density at radius 1 is 1.33 bits per heavy atom. The molecule has 0 radical (unpaired) electrons. The second-order valence-electron chi connectivity index (χ2n) is 5.04. The number of rotatable bonds is 9. The molecule has 5 nitrogen and oxygen atoms in total. The Kier molecular flexibility index (Phi) is 7.31. The highest BCUT2D eigenvalue weighted by molar-refractivity contribution is 7.89. The SMILES string of the molecule is CCCNCc1cccc(S(=O)(=O)N(C)CCOC)c1C. The summed E-state index contributed by atoms with van der Waals surface area (Å²) in [5.41, 5.74) is 1.83. The van der Waals surface area contributed by atoms with E-state index >= 15 is 0 Å². The summed E-state index contributed by atoms with van der Waals surface area (Å²) in [5, 5.41) is 3.31. The van der Waals surface area contributed by atoms with E-state index in [4.69, 9.17) is 4.74 Å². The first-order valence-corrected chi connectivity index (χ1v) is 8.63. The molecule has 0 atom stereocenters. The Morgan fingerprint density at radius 2 is 2.05 bits per heavy atom. The summed E-state index contributed by atoms with van der Waals surface area (Å²) in [4.78, 5) is 0.372. The molecule has 0 aromatic heterocycles. The second kappa shape index (κ2) is 8.48. The smallest absolute Gasteiger partial charge is 0.243 e. The van der Waals surface area contributed by atoms with E-state index < -0.39 is 10.0 Å². The van der Waals surface area contributed by atoms with Gasteiger partial charge >= 0.3 is 0 Å². The van der Waals surface area contributed by atoms with Crippen molar-refractivity contribution in [1.29, 1.82) is 0 Å². The molecule has 6 heteroatoms. The number of ether oxygens (including phenoxy) is 1. The first kappa shape index (κ1) is 18.1. The molecule has 1 aromatic carbocycles. The molecule has 0 saturated heterocycles. The second-order valence-corrected chi connectivity index (χ2v) is 7.05. The Balaban J connectivity index is 2.99. The molecule has 0 unspecified atom stereocenters. The first-order chi connectivity index (χ1) is 9.95. The summed E-state index contributed by atoms with van der Waals surface area (Å²) in [7, 11) is -0.329. The van der Waals surface area contributed by atoms with Crippen LogP contribution in [0.15, 0.2) is 23.1 Å². The molecule has 0 saturated carbocycles. The fourth-order valence-corrected chi connectivity index (χ4v) is 3.46. The van der Waals surface area contributed by atoms with Gasteiger partial charge in [-0.25, -0.2) is 8.42 Å². The van der Waals surface area contributed by atoms with Crippen molar-refractivity contribution in [1.82, 2.24) is 9.62 Å². The predicted octanol–water partition coefficient (Wildman–Crippen LogP) is 1.76. The first-order valence-electron chi connectivity index (χ1n) is 7.19. The largest absolute Gasteiger partial charge is 0.383 e. The van der Waals surface area contributed by atoms with Gasteiger partial charge < -0.3 is 10.1 Å². The minimum atomic E-state index is -3.47. The Bertz CT molecular complexity index is 544. The van der Waals surface area contributed by atoms with Gasteiger partial charge in [0.15, 0.2) is 0 Å². The van der Waals surface area contributed by atoms with E-state index in [1.54, 1.807) is 26.3 Å². The molecule has 0 amide bonds. The van der Waals surface area contributed by atoms with E-state index in [-0.39, 0.29) is 0 Å². The van der Waals surface area contributed by atoms with Crippen molar-refractivity contribution < 1.29 is 13.2 Å². The molecular weight excluding hydrogens is 288 g/mol. The average Bonchev–Trinajstić information content (AvgIpc) is 2.46. The number of hydrogen-bond acceptors (Lipinski definition) is 4. The van der Waals surface area contributed by atoms with Gasteiger partial charge in [0.25, 0.3) is 0 Å².